The Morgan fingerprint density at radius 1 is 0.968 bits per heavy atom. The molecular formula is C23H19Cl3N2O3. The maximum absolute atomic E-state index is 12.3. The first-order chi connectivity index (χ1) is 15.0. The first-order valence-corrected chi connectivity index (χ1v) is 10.8. The van der Waals surface area contributed by atoms with Crippen molar-refractivity contribution in [3.05, 3.63) is 75.4 Å². The van der Waals surface area contributed by atoms with E-state index in [0.29, 0.717) is 45.5 Å². The van der Waals surface area contributed by atoms with E-state index in [9.17, 15) is 4.79 Å². The molecule has 1 aromatic heterocycles. The molecule has 5 nitrogen and oxygen atoms in total. The number of furan rings is 1. The summed E-state index contributed by atoms with van der Waals surface area (Å²) in [4.78, 5) is 14.5. The third-order valence-electron chi connectivity index (χ3n) is 4.79. The molecule has 1 amide bonds. The first kappa shape index (κ1) is 21.8. The van der Waals surface area contributed by atoms with Crippen LogP contribution in [0.15, 0.2) is 59.0 Å². The maximum atomic E-state index is 12.3. The van der Waals surface area contributed by atoms with E-state index in [2.05, 4.69) is 10.2 Å². The SMILES string of the molecule is O=C(/C=C/c1ccc(-c2ccc(Cl)cc2Cl)o1)Nc1ccc(N2CCOCC2)c(Cl)c1. The molecule has 8 heteroatoms. The zero-order valence-electron chi connectivity index (χ0n) is 16.4. The summed E-state index contributed by atoms with van der Waals surface area (Å²) in [6.07, 6.45) is 2.99. The Hall–Kier alpha value is -2.44. The minimum absolute atomic E-state index is 0.294. The van der Waals surface area contributed by atoms with Crippen LogP contribution in [0.4, 0.5) is 11.4 Å². The van der Waals surface area contributed by atoms with E-state index in [1.807, 2.05) is 12.1 Å². The highest BCUT2D eigenvalue weighted by atomic mass is 35.5. The number of carbonyl (C=O) groups is 1. The second kappa shape index (κ2) is 9.79. The number of rotatable bonds is 5. The molecule has 2 heterocycles. The molecule has 160 valence electrons. The molecular weight excluding hydrogens is 459 g/mol. The summed E-state index contributed by atoms with van der Waals surface area (Å²) >= 11 is 18.6. The standard InChI is InChI=1S/C23H19Cl3N2O3/c24-15-1-5-18(19(25)13-15)22-7-3-17(31-22)4-8-23(29)27-16-2-6-21(20(26)14-16)28-9-11-30-12-10-28/h1-8,13-14H,9-12H2,(H,27,29)/b8-4+. The van der Waals surface area contributed by atoms with Gasteiger partial charge in [-0.2, -0.15) is 0 Å². The average molecular weight is 478 g/mol. The van der Waals surface area contributed by atoms with Gasteiger partial charge in [-0.15, -0.1) is 0 Å². The number of halogens is 3. The molecule has 1 fully saturated rings. The van der Waals surface area contributed by atoms with Crippen LogP contribution >= 0.6 is 34.8 Å². The van der Waals surface area contributed by atoms with Gasteiger partial charge in [0.2, 0.25) is 5.91 Å². The molecule has 1 N–H and O–H groups in total. The monoisotopic (exact) mass is 476 g/mol. The van der Waals surface area contributed by atoms with E-state index in [4.69, 9.17) is 44.0 Å². The molecule has 0 aliphatic carbocycles. The van der Waals surface area contributed by atoms with E-state index in [-0.39, 0.29) is 5.91 Å². The number of hydrogen-bond donors (Lipinski definition) is 1. The van der Waals surface area contributed by atoms with Crippen molar-refractivity contribution in [2.45, 2.75) is 0 Å². The Labute approximate surface area is 195 Å². The second-order valence-corrected chi connectivity index (χ2v) is 8.17. The van der Waals surface area contributed by atoms with Crippen molar-refractivity contribution in [1.82, 2.24) is 0 Å². The van der Waals surface area contributed by atoms with E-state index in [1.54, 1.807) is 42.5 Å². The Balaban J connectivity index is 1.40. The smallest absolute Gasteiger partial charge is 0.248 e. The molecule has 4 rings (SSSR count). The minimum Gasteiger partial charge on any atom is -0.457 e. The average Bonchev–Trinajstić information content (AvgIpc) is 3.22. The lowest BCUT2D eigenvalue weighted by atomic mass is 10.2. The third kappa shape index (κ3) is 5.43. The molecule has 1 aliphatic heterocycles. The van der Waals surface area contributed by atoms with Crippen LogP contribution in [0.2, 0.25) is 15.1 Å². The Bertz CT molecular complexity index is 1120. The van der Waals surface area contributed by atoms with Crippen molar-refractivity contribution in [3.8, 4) is 11.3 Å². The molecule has 1 saturated heterocycles. The highest BCUT2D eigenvalue weighted by Crippen LogP contribution is 2.32. The molecule has 2 aromatic carbocycles. The molecule has 0 spiro atoms. The molecule has 0 radical (unpaired) electrons. The fourth-order valence-corrected chi connectivity index (χ4v) is 4.07. The van der Waals surface area contributed by atoms with Gasteiger partial charge in [0, 0.05) is 35.4 Å². The first-order valence-electron chi connectivity index (χ1n) is 9.66. The predicted octanol–water partition coefficient (Wildman–Crippen LogP) is 6.40. The molecule has 1 aliphatic rings. The Morgan fingerprint density at radius 2 is 1.77 bits per heavy atom. The van der Waals surface area contributed by atoms with Gasteiger partial charge >= 0.3 is 0 Å². The summed E-state index contributed by atoms with van der Waals surface area (Å²) in [5.74, 6) is 0.821. The number of amides is 1. The highest BCUT2D eigenvalue weighted by molar-refractivity contribution is 6.36. The van der Waals surface area contributed by atoms with Crippen LogP contribution in [-0.4, -0.2) is 32.2 Å². The van der Waals surface area contributed by atoms with E-state index < -0.39 is 0 Å². The van der Waals surface area contributed by atoms with Crippen LogP contribution < -0.4 is 10.2 Å². The number of morpholine rings is 1. The predicted molar refractivity (Wildman–Crippen MR) is 126 cm³/mol. The minimum atomic E-state index is -0.294. The summed E-state index contributed by atoms with van der Waals surface area (Å²) in [6.45, 7) is 2.94. The van der Waals surface area contributed by atoms with Crippen LogP contribution in [0.25, 0.3) is 17.4 Å². The van der Waals surface area contributed by atoms with Crippen LogP contribution in [0.3, 0.4) is 0 Å². The number of carbonyl (C=O) groups excluding carboxylic acids is 1. The number of nitrogens with zero attached hydrogens (tertiary/aromatic N) is 1. The third-order valence-corrected chi connectivity index (χ3v) is 5.64. The maximum Gasteiger partial charge on any atom is 0.248 e. The van der Waals surface area contributed by atoms with Gasteiger partial charge < -0.3 is 19.4 Å². The van der Waals surface area contributed by atoms with Crippen LogP contribution in [0.5, 0.6) is 0 Å². The fraction of sp³-hybridized carbons (Fsp3) is 0.174. The van der Waals surface area contributed by atoms with Crippen molar-refractivity contribution in [2.24, 2.45) is 0 Å². The van der Waals surface area contributed by atoms with Gasteiger partial charge in [-0.25, -0.2) is 0 Å². The zero-order chi connectivity index (χ0) is 21.8. The summed E-state index contributed by atoms with van der Waals surface area (Å²) in [5.41, 5.74) is 2.28. The Morgan fingerprint density at radius 3 is 2.52 bits per heavy atom. The number of nitrogens with one attached hydrogen (secondary N) is 1. The van der Waals surface area contributed by atoms with Crippen molar-refractivity contribution in [1.29, 1.82) is 0 Å². The fourth-order valence-electron chi connectivity index (χ4n) is 3.26. The van der Waals surface area contributed by atoms with E-state index in [1.165, 1.54) is 6.08 Å². The summed E-state index contributed by atoms with van der Waals surface area (Å²) < 4.78 is 11.1. The number of ether oxygens (including phenoxy) is 1. The molecule has 0 unspecified atom stereocenters. The van der Waals surface area contributed by atoms with Gasteiger partial charge in [0.1, 0.15) is 11.5 Å². The van der Waals surface area contributed by atoms with Crippen molar-refractivity contribution < 1.29 is 13.9 Å². The Kier molecular flexibility index (Phi) is 6.88. The molecule has 0 atom stereocenters. The van der Waals surface area contributed by atoms with Crippen molar-refractivity contribution >= 4 is 58.2 Å². The van der Waals surface area contributed by atoms with Gasteiger partial charge in [-0.05, 0) is 54.6 Å². The number of benzene rings is 2. The highest BCUT2D eigenvalue weighted by Gasteiger charge is 2.14. The van der Waals surface area contributed by atoms with Gasteiger partial charge in [0.15, 0.2) is 0 Å². The summed E-state index contributed by atoms with van der Waals surface area (Å²) in [5, 5.41) is 4.43. The lowest BCUT2D eigenvalue weighted by Crippen LogP contribution is -2.36. The lowest BCUT2D eigenvalue weighted by Gasteiger charge is -2.29. The van der Waals surface area contributed by atoms with Gasteiger partial charge in [0.05, 0.1) is 28.9 Å². The topological polar surface area (TPSA) is 54.7 Å². The number of hydrogen-bond acceptors (Lipinski definition) is 4. The van der Waals surface area contributed by atoms with Crippen molar-refractivity contribution in [2.75, 3.05) is 36.5 Å². The van der Waals surface area contributed by atoms with Crippen molar-refractivity contribution in [3.63, 3.8) is 0 Å². The van der Waals surface area contributed by atoms with Crippen LogP contribution in [0, 0.1) is 0 Å². The van der Waals surface area contributed by atoms with Gasteiger partial charge in [0.25, 0.3) is 0 Å². The van der Waals surface area contributed by atoms with Gasteiger partial charge in [-0.1, -0.05) is 34.8 Å². The number of anilines is 2. The molecule has 0 bridgehead atoms. The summed E-state index contributed by atoms with van der Waals surface area (Å²) in [7, 11) is 0. The molecule has 0 saturated carbocycles. The van der Waals surface area contributed by atoms with E-state index >= 15 is 0 Å². The largest absolute Gasteiger partial charge is 0.457 e. The summed E-state index contributed by atoms with van der Waals surface area (Å²) in [6, 6.07) is 14.2. The van der Waals surface area contributed by atoms with Crippen LogP contribution in [0.1, 0.15) is 5.76 Å². The quantitative estimate of drug-likeness (QED) is 0.432. The lowest BCUT2D eigenvalue weighted by molar-refractivity contribution is -0.111. The molecule has 31 heavy (non-hydrogen) atoms. The van der Waals surface area contributed by atoms with Crippen LogP contribution in [-0.2, 0) is 9.53 Å². The zero-order valence-corrected chi connectivity index (χ0v) is 18.7. The second-order valence-electron chi connectivity index (χ2n) is 6.91. The normalized spacial score (nSPS) is 14.2. The van der Waals surface area contributed by atoms with E-state index in [0.717, 1.165) is 24.3 Å². The van der Waals surface area contributed by atoms with Gasteiger partial charge in [-0.3, -0.25) is 4.79 Å². The molecule has 3 aromatic rings.